The molecule has 0 saturated carbocycles. The van der Waals surface area contributed by atoms with Crippen LogP contribution in [0.25, 0.3) is 0 Å². The van der Waals surface area contributed by atoms with E-state index in [1.165, 1.54) is 11.9 Å². The quantitative estimate of drug-likeness (QED) is 0.879. The van der Waals surface area contributed by atoms with Gasteiger partial charge in [0.05, 0.1) is 6.54 Å². The maximum atomic E-state index is 10.9. The molecule has 1 unspecified atom stereocenters. The molecule has 0 fully saturated rings. The number of aryl methyl sites for hydroxylation is 1. The van der Waals surface area contributed by atoms with Crippen LogP contribution in [0.4, 0.5) is 0 Å². The van der Waals surface area contributed by atoms with Crippen molar-refractivity contribution in [2.75, 3.05) is 0 Å². The fourth-order valence-corrected chi connectivity index (χ4v) is 2.17. The zero-order chi connectivity index (χ0) is 13.0. The summed E-state index contributed by atoms with van der Waals surface area (Å²) in [5, 5.41) is 14.9. The van der Waals surface area contributed by atoms with Gasteiger partial charge in [0.25, 0.3) is 0 Å². The second kappa shape index (κ2) is 5.31. The summed E-state index contributed by atoms with van der Waals surface area (Å²) in [7, 11) is 0. The molecule has 4 heteroatoms. The Morgan fingerprint density at radius 1 is 1.28 bits per heavy atom. The number of hydrogen-bond acceptors (Lipinski definition) is 3. The molecule has 96 valence electrons. The summed E-state index contributed by atoms with van der Waals surface area (Å²) in [5.74, 6) is 0. The van der Waals surface area contributed by atoms with E-state index in [0.29, 0.717) is 13.0 Å². The molecule has 0 aliphatic heterocycles. The van der Waals surface area contributed by atoms with Gasteiger partial charge in [-0.05, 0) is 18.9 Å². The lowest BCUT2D eigenvalue weighted by Gasteiger charge is -2.28. The smallest absolute Gasteiger partial charge is 0.137 e. The minimum absolute atomic E-state index is 0.434. The molecule has 0 radical (unpaired) electrons. The first-order valence-corrected chi connectivity index (χ1v) is 6.26. The Bertz CT molecular complexity index is 478. The van der Waals surface area contributed by atoms with E-state index in [4.69, 9.17) is 0 Å². The van der Waals surface area contributed by atoms with E-state index >= 15 is 0 Å². The second-order valence-corrected chi connectivity index (χ2v) is 4.74. The van der Waals surface area contributed by atoms with Crippen LogP contribution in [0.2, 0.25) is 0 Å². The van der Waals surface area contributed by atoms with Crippen molar-refractivity contribution in [3.05, 3.63) is 48.0 Å². The van der Waals surface area contributed by atoms with Gasteiger partial charge >= 0.3 is 0 Å². The summed E-state index contributed by atoms with van der Waals surface area (Å²) in [5.41, 5.74) is 1.25. The number of aromatic nitrogens is 3. The average Bonchev–Trinajstić information content (AvgIpc) is 2.82. The van der Waals surface area contributed by atoms with E-state index in [9.17, 15) is 5.11 Å². The highest BCUT2D eigenvalue weighted by Crippen LogP contribution is 2.28. The van der Waals surface area contributed by atoms with Gasteiger partial charge in [0, 0.05) is 0 Å². The van der Waals surface area contributed by atoms with Crippen LogP contribution in [0.15, 0.2) is 36.9 Å². The normalized spacial score (nSPS) is 14.4. The molecule has 0 spiro atoms. The molecule has 1 aromatic heterocycles. The van der Waals surface area contributed by atoms with Gasteiger partial charge in [0.2, 0.25) is 0 Å². The third-order valence-electron chi connectivity index (χ3n) is 3.14. The van der Waals surface area contributed by atoms with Crippen LogP contribution in [-0.2, 0) is 12.1 Å². The molecule has 0 aliphatic carbocycles. The van der Waals surface area contributed by atoms with Crippen molar-refractivity contribution in [1.29, 1.82) is 0 Å². The summed E-state index contributed by atoms with van der Waals surface area (Å²) in [6, 6.07) is 8.03. The summed E-state index contributed by atoms with van der Waals surface area (Å²) in [4.78, 5) is 3.91. The molecule has 0 aliphatic rings. The average molecular weight is 245 g/mol. The third-order valence-corrected chi connectivity index (χ3v) is 3.14. The molecule has 2 rings (SSSR count). The van der Waals surface area contributed by atoms with Crippen LogP contribution in [0.3, 0.4) is 0 Å². The molecule has 18 heavy (non-hydrogen) atoms. The lowest BCUT2D eigenvalue weighted by atomic mass is 9.89. The second-order valence-electron chi connectivity index (χ2n) is 4.74. The molecule has 1 heterocycles. The molecule has 1 N–H and O–H groups in total. The molecular formula is C14H19N3O. The first-order valence-electron chi connectivity index (χ1n) is 6.26. The summed E-state index contributed by atoms with van der Waals surface area (Å²) in [6.07, 6.45) is 4.74. The van der Waals surface area contributed by atoms with Gasteiger partial charge in [0.1, 0.15) is 18.3 Å². The molecule has 0 amide bonds. The topological polar surface area (TPSA) is 50.9 Å². The van der Waals surface area contributed by atoms with Crippen molar-refractivity contribution >= 4 is 0 Å². The van der Waals surface area contributed by atoms with Crippen LogP contribution in [0, 0.1) is 6.92 Å². The van der Waals surface area contributed by atoms with Crippen molar-refractivity contribution in [2.24, 2.45) is 0 Å². The van der Waals surface area contributed by atoms with Crippen LogP contribution in [0.5, 0.6) is 0 Å². The Morgan fingerprint density at radius 3 is 2.56 bits per heavy atom. The molecule has 0 bridgehead atoms. The van der Waals surface area contributed by atoms with Crippen molar-refractivity contribution in [2.45, 2.75) is 38.8 Å². The minimum atomic E-state index is -0.879. The largest absolute Gasteiger partial charge is 0.383 e. The Hall–Kier alpha value is -1.68. The minimum Gasteiger partial charge on any atom is -0.383 e. The van der Waals surface area contributed by atoms with E-state index in [1.54, 1.807) is 11.0 Å². The van der Waals surface area contributed by atoms with E-state index in [-0.39, 0.29) is 0 Å². The third kappa shape index (κ3) is 2.76. The predicted octanol–water partition coefficient (Wildman–Crippen LogP) is 2.27. The maximum Gasteiger partial charge on any atom is 0.137 e. The summed E-state index contributed by atoms with van der Waals surface area (Å²) < 4.78 is 1.68. The first kappa shape index (κ1) is 12.8. The van der Waals surface area contributed by atoms with Gasteiger partial charge in [0.15, 0.2) is 0 Å². The SMILES string of the molecule is CCCC(O)(Cn1cncn1)c1ccc(C)cc1. The Balaban J connectivity index is 2.28. The van der Waals surface area contributed by atoms with Crippen molar-refractivity contribution < 1.29 is 5.11 Å². The molecule has 4 nitrogen and oxygen atoms in total. The standard InChI is InChI=1S/C14H19N3O/c1-3-8-14(18,9-17-11-15-10-16-17)13-6-4-12(2)5-7-13/h4-7,10-11,18H,3,8-9H2,1-2H3. The van der Waals surface area contributed by atoms with Gasteiger partial charge in [-0.25, -0.2) is 9.67 Å². The summed E-state index contributed by atoms with van der Waals surface area (Å²) >= 11 is 0. The zero-order valence-corrected chi connectivity index (χ0v) is 10.9. The molecule has 1 atom stereocenters. The Kier molecular flexibility index (Phi) is 3.77. The highest BCUT2D eigenvalue weighted by molar-refractivity contribution is 5.26. The van der Waals surface area contributed by atoms with E-state index in [0.717, 1.165) is 12.0 Å². The van der Waals surface area contributed by atoms with Gasteiger partial charge in [-0.1, -0.05) is 43.2 Å². The summed E-state index contributed by atoms with van der Waals surface area (Å²) in [6.45, 7) is 4.55. The lowest BCUT2D eigenvalue weighted by Crippen LogP contribution is -2.31. The lowest BCUT2D eigenvalue weighted by molar-refractivity contribution is 0.00552. The number of hydrogen-bond donors (Lipinski definition) is 1. The fourth-order valence-electron chi connectivity index (χ4n) is 2.17. The number of rotatable bonds is 5. The van der Waals surface area contributed by atoms with Gasteiger partial charge < -0.3 is 5.11 Å². The van der Waals surface area contributed by atoms with Gasteiger partial charge in [-0.2, -0.15) is 5.10 Å². The zero-order valence-electron chi connectivity index (χ0n) is 10.9. The van der Waals surface area contributed by atoms with Crippen LogP contribution in [0.1, 0.15) is 30.9 Å². The van der Waals surface area contributed by atoms with Crippen molar-refractivity contribution in [3.63, 3.8) is 0 Å². The monoisotopic (exact) mass is 245 g/mol. The van der Waals surface area contributed by atoms with E-state index < -0.39 is 5.60 Å². The van der Waals surface area contributed by atoms with Crippen molar-refractivity contribution in [1.82, 2.24) is 14.8 Å². The maximum absolute atomic E-state index is 10.9. The predicted molar refractivity (Wildman–Crippen MR) is 70.0 cm³/mol. The molecule has 1 aromatic carbocycles. The van der Waals surface area contributed by atoms with Crippen LogP contribution >= 0.6 is 0 Å². The Morgan fingerprint density at radius 2 is 2.00 bits per heavy atom. The first-order chi connectivity index (χ1) is 8.64. The fraction of sp³-hybridized carbons (Fsp3) is 0.429. The van der Waals surface area contributed by atoms with Crippen LogP contribution in [-0.4, -0.2) is 19.9 Å². The number of benzene rings is 1. The van der Waals surface area contributed by atoms with Gasteiger partial charge in [-0.15, -0.1) is 0 Å². The number of nitrogens with zero attached hydrogens (tertiary/aromatic N) is 3. The Labute approximate surface area is 107 Å². The van der Waals surface area contributed by atoms with Crippen molar-refractivity contribution in [3.8, 4) is 0 Å². The van der Waals surface area contributed by atoms with Gasteiger partial charge in [-0.3, -0.25) is 0 Å². The van der Waals surface area contributed by atoms with E-state index in [2.05, 4.69) is 17.0 Å². The van der Waals surface area contributed by atoms with Crippen LogP contribution < -0.4 is 0 Å². The number of aliphatic hydroxyl groups is 1. The molecular weight excluding hydrogens is 226 g/mol. The molecule has 2 aromatic rings. The highest BCUT2D eigenvalue weighted by atomic mass is 16.3. The highest BCUT2D eigenvalue weighted by Gasteiger charge is 2.29. The molecule has 0 saturated heterocycles. The van der Waals surface area contributed by atoms with E-state index in [1.807, 2.05) is 31.2 Å².